The normalized spacial score (nSPS) is 13.2. The summed E-state index contributed by atoms with van der Waals surface area (Å²) in [6.45, 7) is 0. The molecule has 170 valence electrons. The predicted octanol–water partition coefficient (Wildman–Crippen LogP) is 4.93. The maximum absolute atomic E-state index is 12.7. The van der Waals surface area contributed by atoms with E-state index in [9.17, 15) is 9.90 Å². The molecule has 0 spiro atoms. The standard InChI is InChI=1S/C26H20Cl2N4O2/c1-31-15-29-14-24(31)26(34,17-6-8-18(27)9-7-17)23-11-21-20(16-4-3-5-19(28)10-16)12-25(33)32(2)22(21)13-30-23/h3-15,34H,1-2H3. The van der Waals surface area contributed by atoms with E-state index in [1.165, 1.54) is 4.57 Å². The fourth-order valence-electron chi connectivity index (χ4n) is 4.26. The van der Waals surface area contributed by atoms with Crippen molar-refractivity contribution in [2.24, 2.45) is 14.1 Å². The third kappa shape index (κ3) is 3.60. The van der Waals surface area contributed by atoms with Gasteiger partial charge < -0.3 is 14.2 Å². The molecule has 8 heteroatoms. The highest BCUT2D eigenvalue weighted by Crippen LogP contribution is 2.38. The third-order valence-corrected chi connectivity index (χ3v) is 6.58. The first kappa shape index (κ1) is 22.3. The van der Waals surface area contributed by atoms with Crippen LogP contribution in [0.1, 0.15) is 17.0 Å². The van der Waals surface area contributed by atoms with Gasteiger partial charge in [-0.2, -0.15) is 0 Å². The number of pyridine rings is 2. The number of hydrogen-bond donors (Lipinski definition) is 1. The van der Waals surface area contributed by atoms with Crippen molar-refractivity contribution in [3.63, 3.8) is 0 Å². The minimum atomic E-state index is -1.62. The second-order valence-corrected chi connectivity index (χ2v) is 9.03. The molecule has 2 aromatic carbocycles. The summed E-state index contributed by atoms with van der Waals surface area (Å²) >= 11 is 12.4. The van der Waals surface area contributed by atoms with Crippen LogP contribution in [0.15, 0.2) is 84.2 Å². The van der Waals surface area contributed by atoms with Crippen LogP contribution in [0.25, 0.3) is 22.0 Å². The number of fused-ring (bicyclic) bond motifs is 1. The molecule has 0 aliphatic carbocycles. The van der Waals surface area contributed by atoms with E-state index >= 15 is 0 Å². The molecule has 5 rings (SSSR count). The molecule has 1 atom stereocenters. The van der Waals surface area contributed by atoms with Crippen LogP contribution in [0.2, 0.25) is 10.0 Å². The Morgan fingerprint density at radius 2 is 1.71 bits per heavy atom. The number of imidazole rings is 1. The van der Waals surface area contributed by atoms with Crippen molar-refractivity contribution < 1.29 is 5.11 Å². The van der Waals surface area contributed by atoms with Crippen LogP contribution in [0.5, 0.6) is 0 Å². The Morgan fingerprint density at radius 1 is 0.941 bits per heavy atom. The molecule has 0 saturated carbocycles. The molecule has 1 N–H and O–H groups in total. The summed E-state index contributed by atoms with van der Waals surface area (Å²) in [6.07, 6.45) is 4.84. The molecule has 3 aromatic heterocycles. The zero-order valence-electron chi connectivity index (χ0n) is 18.4. The molecular weight excluding hydrogens is 471 g/mol. The van der Waals surface area contributed by atoms with Crippen molar-refractivity contribution in [1.82, 2.24) is 19.1 Å². The predicted molar refractivity (Wildman–Crippen MR) is 134 cm³/mol. The Kier molecular flexibility index (Phi) is 5.52. The highest BCUT2D eigenvalue weighted by molar-refractivity contribution is 6.31. The first-order valence-electron chi connectivity index (χ1n) is 10.5. The molecule has 34 heavy (non-hydrogen) atoms. The van der Waals surface area contributed by atoms with E-state index < -0.39 is 5.60 Å². The zero-order valence-corrected chi connectivity index (χ0v) is 19.9. The maximum Gasteiger partial charge on any atom is 0.251 e. The van der Waals surface area contributed by atoms with E-state index in [1.54, 1.807) is 66.7 Å². The maximum atomic E-state index is 12.7. The molecule has 0 amide bonds. The highest BCUT2D eigenvalue weighted by Gasteiger charge is 2.38. The Morgan fingerprint density at radius 3 is 2.38 bits per heavy atom. The van der Waals surface area contributed by atoms with E-state index in [-0.39, 0.29) is 5.56 Å². The molecule has 1 unspecified atom stereocenters. The van der Waals surface area contributed by atoms with E-state index in [4.69, 9.17) is 23.2 Å². The number of nitrogens with zero attached hydrogens (tertiary/aromatic N) is 4. The van der Waals surface area contributed by atoms with Crippen LogP contribution >= 0.6 is 23.2 Å². The van der Waals surface area contributed by atoms with Gasteiger partial charge in [-0.25, -0.2) is 4.98 Å². The largest absolute Gasteiger partial charge is 0.373 e. The average molecular weight is 491 g/mol. The van der Waals surface area contributed by atoms with Crippen LogP contribution in [0.4, 0.5) is 0 Å². The van der Waals surface area contributed by atoms with Crippen LogP contribution in [0.3, 0.4) is 0 Å². The van der Waals surface area contributed by atoms with Gasteiger partial charge in [0.1, 0.15) is 0 Å². The van der Waals surface area contributed by atoms with E-state index in [2.05, 4.69) is 9.97 Å². The fraction of sp³-hybridized carbons (Fsp3) is 0.115. The number of halogens is 2. The van der Waals surface area contributed by atoms with Gasteiger partial charge in [0.15, 0.2) is 5.60 Å². The SMILES string of the molecule is Cn1cncc1C(O)(c1ccc(Cl)cc1)c1cc2c(-c3cccc(Cl)c3)cc(=O)n(C)c2cn1. The molecule has 0 fully saturated rings. The molecule has 5 aromatic rings. The van der Waals surface area contributed by atoms with E-state index in [1.807, 2.05) is 31.3 Å². The van der Waals surface area contributed by atoms with Gasteiger partial charge in [0.2, 0.25) is 0 Å². The molecule has 0 aliphatic heterocycles. The first-order valence-corrected chi connectivity index (χ1v) is 11.3. The van der Waals surface area contributed by atoms with Gasteiger partial charge in [0, 0.05) is 35.6 Å². The molecule has 0 saturated heterocycles. The summed E-state index contributed by atoms with van der Waals surface area (Å²) in [5, 5.41) is 14.1. The Labute approximate surface area is 205 Å². The number of aliphatic hydroxyl groups is 1. The van der Waals surface area contributed by atoms with Gasteiger partial charge in [-0.1, -0.05) is 47.5 Å². The van der Waals surface area contributed by atoms with Crippen LogP contribution < -0.4 is 5.56 Å². The van der Waals surface area contributed by atoms with Crippen molar-refractivity contribution in [1.29, 1.82) is 0 Å². The third-order valence-electron chi connectivity index (χ3n) is 6.09. The van der Waals surface area contributed by atoms with Gasteiger partial charge >= 0.3 is 0 Å². The Hall–Kier alpha value is -3.45. The van der Waals surface area contributed by atoms with Gasteiger partial charge in [0.05, 0.1) is 35.6 Å². The quantitative estimate of drug-likeness (QED) is 0.387. The summed E-state index contributed by atoms with van der Waals surface area (Å²) in [6, 6.07) is 17.7. The van der Waals surface area contributed by atoms with Gasteiger partial charge in [-0.05, 0) is 47.0 Å². The van der Waals surface area contributed by atoms with Crippen molar-refractivity contribution in [3.05, 3.63) is 117 Å². The lowest BCUT2D eigenvalue weighted by Crippen LogP contribution is -2.32. The average Bonchev–Trinajstić information content (AvgIpc) is 3.27. The molecule has 0 aliphatic rings. The number of benzene rings is 2. The summed E-state index contributed by atoms with van der Waals surface area (Å²) in [5.74, 6) is 0. The topological polar surface area (TPSA) is 72.9 Å². The molecule has 0 bridgehead atoms. The Balaban J connectivity index is 1.84. The molecule has 3 heterocycles. The van der Waals surface area contributed by atoms with Gasteiger partial charge in [-0.3, -0.25) is 9.78 Å². The van der Waals surface area contributed by atoms with Crippen molar-refractivity contribution >= 4 is 34.1 Å². The zero-order chi connectivity index (χ0) is 24.0. The lowest BCUT2D eigenvalue weighted by Gasteiger charge is -2.29. The number of aromatic nitrogens is 4. The summed E-state index contributed by atoms with van der Waals surface area (Å²) < 4.78 is 3.28. The fourth-order valence-corrected chi connectivity index (χ4v) is 4.58. The monoisotopic (exact) mass is 490 g/mol. The van der Waals surface area contributed by atoms with Gasteiger partial charge in [-0.15, -0.1) is 0 Å². The van der Waals surface area contributed by atoms with Crippen molar-refractivity contribution in [2.45, 2.75) is 5.60 Å². The number of hydrogen-bond acceptors (Lipinski definition) is 4. The van der Waals surface area contributed by atoms with Crippen LogP contribution in [-0.2, 0) is 19.7 Å². The van der Waals surface area contributed by atoms with Crippen molar-refractivity contribution in [2.75, 3.05) is 0 Å². The number of aryl methyl sites for hydroxylation is 2. The summed E-state index contributed by atoms with van der Waals surface area (Å²) in [7, 11) is 3.51. The summed E-state index contributed by atoms with van der Waals surface area (Å²) in [4.78, 5) is 21.5. The molecular formula is C26H20Cl2N4O2. The molecule has 0 radical (unpaired) electrons. The smallest absolute Gasteiger partial charge is 0.251 e. The highest BCUT2D eigenvalue weighted by atomic mass is 35.5. The second kappa shape index (κ2) is 8.40. The minimum Gasteiger partial charge on any atom is -0.373 e. The first-order chi connectivity index (χ1) is 16.3. The van der Waals surface area contributed by atoms with Crippen LogP contribution in [0, 0.1) is 0 Å². The Bertz CT molecular complexity index is 1590. The number of rotatable bonds is 4. The van der Waals surface area contributed by atoms with Crippen LogP contribution in [-0.4, -0.2) is 24.2 Å². The van der Waals surface area contributed by atoms with E-state index in [0.717, 1.165) is 10.9 Å². The second-order valence-electron chi connectivity index (χ2n) is 8.16. The van der Waals surface area contributed by atoms with E-state index in [0.29, 0.717) is 38.1 Å². The van der Waals surface area contributed by atoms with Crippen molar-refractivity contribution in [3.8, 4) is 11.1 Å². The summed E-state index contributed by atoms with van der Waals surface area (Å²) in [5.41, 5.74) is 1.84. The molecule has 6 nitrogen and oxygen atoms in total. The van der Waals surface area contributed by atoms with Gasteiger partial charge in [0.25, 0.3) is 5.56 Å². The lowest BCUT2D eigenvalue weighted by atomic mass is 9.86. The lowest BCUT2D eigenvalue weighted by molar-refractivity contribution is 0.113. The minimum absolute atomic E-state index is 0.170.